The summed E-state index contributed by atoms with van der Waals surface area (Å²) in [4.78, 5) is 9.94. The highest BCUT2D eigenvalue weighted by Gasteiger charge is 1.88. The highest BCUT2D eigenvalue weighted by Crippen LogP contribution is 2.05. The highest BCUT2D eigenvalue weighted by atomic mass is 32.0. The van der Waals surface area contributed by atoms with Gasteiger partial charge in [-0.1, -0.05) is 0 Å². The average Bonchev–Trinajstić information content (AvgIpc) is 1.61. The van der Waals surface area contributed by atoms with Gasteiger partial charge in [0.05, 0.1) is 6.92 Å². The molecular weight excluding hydrogens is 132 g/mol. The SMILES string of the molecule is CC(=O)[NH+]=PP=O. The van der Waals surface area contributed by atoms with E-state index in [0.717, 1.165) is 0 Å². The van der Waals surface area contributed by atoms with Crippen molar-refractivity contribution in [2.45, 2.75) is 6.92 Å². The summed E-state index contributed by atoms with van der Waals surface area (Å²) in [5, 5.41) is 0. The second-order valence-electron chi connectivity index (χ2n) is 0.850. The van der Waals surface area contributed by atoms with Gasteiger partial charge in [0.15, 0.2) is 0 Å². The van der Waals surface area contributed by atoms with E-state index in [1.807, 2.05) is 0 Å². The summed E-state index contributed by atoms with van der Waals surface area (Å²) < 4.78 is 11.9. The number of hydrogen-bond acceptors (Lipinski definition) is 2. The Morgan fingerprint density at radius 3 is 2.43 bits per heavy atom. The van der Waals surface area contributed by atoms with Crippen molar-refractivity contribution < 1.29 is 14.1 Å². The number of rotatable bonds is 1. The molecule has 38 valence electrons. The molecule has 0 unspecified atom stereocenters. The van der Waals surface area contributed by atoms with E-state index in [0.29, 0.717) is 8.06 Å². The predicted octanol–water partition coefficient (Wildman–Crippen LogP) is -0.0500. The zero-order valence-electron chi connectivity index (χ0n) is 3.71. The second-order valence-corrected chi connectivity index (χ2v) is 2.53. The van der Waals surface area contributed by atoms with Crippen molar-refractivity contribution in [1.82, 2.24) is 0 Å². The first-order valence-electron chi connectivity index (χ1n) is 1.56. The Kier molecular flexibility index (Phi) is 3.97. The Bertz CT molecular complexity index is 110. The van der Waals surface area contributed by atoms with E-state index in [4.69, 9.17) is 0 Å². The summed E-state index contributed by atoms with van der Waals surface area (Å²) >= 11 is 0. The summed E-state index contributed by atoms with van der Waals surface area (Å²) in [7, 11) is 0.353. The molecular formula is C2H4NO2P2+. The minimum atomic E-state index is -0.162. The molecule has 0 rings (SSSR count). The third-order valence-corrected chi connectivity index (χ3v) is 1.29. The quantitative estimate of drug-likeness (QED) is 0.513. The van der Waals surface area contributed by atoms with Crippen LogP contribution in [0, 0.1) is 0 Å². The van der Waals surface area contributed by atoms with Gasteiger partial charge in [0.25, 0.3) is 8.15 Å². The third-order valence-electron chi connectivity index (χ3n) is 0.248. The van der Waals surface area contributed by atoms with Crippen LogP contribution in [0.1, 0.15) is 6.92 Å². The smallest absolute Gasteiger partial charge is 0.258 e. The highest BCUT2D eigenvalue weighted by molar-refractivity contribution is 7.99. The lowest BCUT2D eigenvalue weighted by Crippen LogP contribution is -2.65. The monoisotopic (exact) mass is 136 g/mol. The zero-order valence-corrected chi connectivity index (χ0v) is 5.50. The second kappa shape index (κ2) is 4.04. The van der Waals surface area contributed by atoms with Crippen LogP contribution in [0.3, 0.4) is 0 Å². The predicted molar refractivity (Wildman–Crippen MR) is 26.2 cm³/mol. The molecule has 0 atom stereocenters. The number of amides is 1. The zero-order chi connectivity index (χ0) is 5.70. The summed E-state index contributed by atoms with van der Waals surface area (Å²) in [6, 6.07) is 0. The number of nitrogens with one attached hydrogen (secondary N) is 1. The molecule has 0 aliphatic rings. The summed E-state index contributed by atoms with van der Waals surface area (Å²) in [5.41, 5.74) is 0. The van der Waals surface area contributed by atoms with E-state index in [9.17, 15) is 9.36 Å². The molecule has 0 aromatic rings. The van der Waals surface area contributed by atoms with Gasteiger partial charge in [0.2, 0.25) is 0 Å². The summed E-state index contributed by atoms with van der Waals surface area (Å²) in [5.74, 6) is -0.162. The first-order valence-corrected chi connectivity index (χ1v) is 3.97. The Morgan fingerprint density at radius 2 is 2.29 bits per heavy atom. The van der Waals surface area contributed by atoms with Crippen molar-refractivity contribution in [3.8, 4) is 0 Å². The van der Waals surface area contributed by atoms with Crippen LogP contribution in [0.4, 0.5) is 0 Å². The number of hydrogen-bond donors (Lipinski definition) is 1. The molecule has 0 saturated heterocycles. The Morgan fingerprint density at radius 1 is 1.71 bits per heavy atom. The molecule has 1 amide bonds. The first kappa shape index (κ1) is 6.87. The number of carbonyl (C=O) groups excluding carboxylic acids is 1. The van der Waals surface area contributed by atoms with Gasteiger partial charge >= 0.3 is 14.0 Å². The maximum Gasteiger partial charge on any atom is 0.384 e. The Balaban J connectivity index is 3.46. The molecule has 0 radical (unpaired) electrons. The molecule has 0 aromatic carbocycles. The van der Waals surface area contributed by atoms with E-state index in [2.05, 4.69) is 4.74 Å². The van der Waals surface area contributed by atoms with Gasteiger partial charge < -0.3 is 0 Å². The fourth-order valence-electron chi connectivity index (χ4n) is 0.0908. The van der Waals surface area contributed by atoms with Crippen LogP contribution in [0.25, 0.3) is 0 Å². The lowest BCUT2D eigenvalue weighted by atomic mass is 10.8. The molecule has 0 heterocycles. The molecule has 0 aliphatic heterocycles. The molecule has 0 saturated carbocycles. The van der Waals surface area contributed by atoms with E-state index < -0.39 is 0 Å². The molecule has 7 heavy (non-hydrogen) atoms. The van der Waals surface area contributed by atoms with E-state index in [1.54, 1.807) is 0 Å². The van der Waals surface area contributed by atoms with Crippen LogP contribution in [-0.4, -0.2) is 5.91 Å². The van der Waals surface area contributed by atoms with Crippen LogP contribution in [0.2, 0.25) is 0 Å². The van der Waals surface area contributed by atoms with Crippen molar-refractivity contribution >= 4 is 22.1 Å². The average molecular weight is 136 g/mol. The Labute approximate surface area is 44.1 Å². The van der Waals surface area contributed by atoms with Gasteiger partial charge in [-0.2, -0.15) is 4.74 Å². The van der Waals surface area contributed by atoms with Crippen LogP contribution < -0.4 is 4.74 Å². The molecule has 0 spiro atoms. The fourth-order valence-corrected chi connectivity index (χ4v) is 0.817. The van der Waals surface area contributed by atoms with Crippen LogP contribution in [0.15, 0.2) is 0 Å². The fraction of sp³-hybridized carbons (Fsp3) is 0.500. The van der Waals surface area contributed by atoms with E-state index >= 15 is 0 Å². The number of carbonyl (C=O) groups is 1. The third kappa shape index (κ3) is 5.87. The lowest BCUT2D eigenvalue weighted by Gasteiger charge is -1.58. The summed E-state index contributed by atoms with van der Waals surface area (Å²) in [6.45, 7) is 1.37. The van der Waals surface area contributed by atoms with Crippen molar-refractivity contribution in [1.29, 1.82) is 0 Å². The standard InChI is InChI=1S/C2H3NO2P2/c1-2(4)3-6-7-5/h1H3/p+1. The molecule has 3 nitrogen and oxygen atoms in total. The molecule has 0 aromatic heterocycles. The molecule has 0 aliphatic carbocycles. The van der Waals surface area contributed by atoms with Gasteiger partial charge in [-0.05, 0) is 0 Å². The van der Waals surface area contributed by atoms with Crippen molar-refractivity contribution in [2.75, 3.05) is 0 Å². The molecule has 5 heteroatoms. The van der Waals surface area contributed by atoms with Gasteiger partial charge in [-0.25, -0.2) is 4.79 Å². The molecule has 1 N–H and O–H groups in total. The topological polar surface area (TPSA) is 48.1 Å². The van der Waals surface area contributed by atoms with Gasteiger partial charge in [0.1, 0.15) is 0 Å². The van der Waals surface area contributed by atoms with E-state index in [-0.39, 0.29) is 14.1 Å². The summed E-state index contributed by atoms with van der Waals surface area (Å²) in [6.07, 6.45) is 0. The Hall–Kier alpha value is -0.130. The maximum absolute atomic E-state index is 9.94. The van der Waals surface area contributed by atoms with Crippen molar-refractivity contribution in [3.63, 3.8) is 0 Å². The van der Waals surface area contributed by atoms with Crippen LogP contribution >= 0.6 is 16.2 Å². The van der Waals surface area contributed by atoms with Crippen LogP contribution in [-0.2, 0) is 9.36 Å². The first-order chi connectivity index (χ1) is 3.27. The largest absolute Gasteiger partial charge is 0.384 e. The van der Waals surface area contributed by atoms with Crippen LogP contribution in [0.5, 0.6) is 0 Å². The van der Waals surface area contributed by atoms with Gasteiger partial charge in [-0.3, -0.25) is 4.57 Å². The lowest BCUT2D eigenvalue weighted by molar-refractivity contribution is -0.349. The van der Waals surface area contributed by atoms with E-state index in [1.165, 1.54) is 6.92 Å². The molecule has 0 fully saturated rings. The van der Waals surface area contributed by atoms with Gasteiger partial charge in [-0.15, -0.1) is 0 Å². The maximum atomic E-state index is 9.94. The van der Waals surface area contributed by atoms with Crippen molar-refractivity contribution in [2.24, 2.45) is 0 Å². The van der Waals surface area contributed by atoms with Gasteiger partial charge in [0, 0.05) is 0 Å². The van der Waals surface area contributed by atoms with Crippen molar-refractivity contribution in [3.05, 3.63) is 0 Å². The normalized spacial score (nSPS) is 10.4. The minimum Gasteiger partial charge on any atom is -0.258 e. The molecule has 0 bridgehead atoms. The minimum absolute atomic E-state index is 0.0695.